The van der Waals surface area contributed by atoms with Gasteiger partial charge >= 0.3 is 0 Å². The van der Waals surface area contributed by atoms with Crippen molar-refractivity contribution in [3.63, 3.8) is 0 Å². The summed E-state index contributed by atoms with van der Waals surface area (Å²) in [6.45, 7) is 12.1. The van der Waals surface area contributed by atoms with Gasteiger partial charge in [0.2, 0.25) is 0 Å². The number of piperidine rings is 1. The predicted molar refractivity (Wildman–Crippen MR) is 73.4 cm³/mol. The Labute approximate surface area is 107 Å². The maximum Gasteiger partial charge on any atom is 0.0223 e. The molecule has 0 saturated carbocycles. The molecule has 0 bridgehead atoms. The van der Waals surface area contributed by atoms with Crippen molar-refractivity contribution in [2.45, 2.75) is 51.6 Å². The summed E-state index contributed by atoms with van der Waals surface area (Å²) in [5.41, 5.74) is 0. The molecule has 3 nitrogen and oxygen atoms in total. The highest BCUT2D eigenvalue weighted by molar-refractivity contribution is 4.85. The van der Waals surface area contributed by atoms with Crippen LogP contribution in [0.25, 0.3) is 0 Å². The second-order valence-electron chi connectivity index (χ2n) is 5.73. The summed E-state index contributed by atoms with van der Waals surface area (Å²) in [4.78, 5) is 5.40. The SMILES string of the molecule is CCNC(C)CCN1CCN2CCCCC2C1. The van der Waals surface area contributed by atoms with Crippen LogP contribution in [0.4, 0.5) is 0 Å². The third-order valence-corrected chi connectivity index (χ3v) is 4.35. The van der Waals surface area contributed by atoms with E-state index >= 15 is 0 Å². The van der Waals surface area contributed by atoms with Crippen molar-refractivity contribution in [1.29, 1.82) is 0 Å². The molecular weight excluding hydrogens is 210 g/mol. The predicted octanol–water partition coefficient (Wildman–Crippen LogP) is 1.54. The molecule has 0 amide bonds. The Kier molecular flexibility index (Phi) is 5.26. The molecule has 2 atom stereocenters. The molecule has 17 heavy (non-hydrogen) atoms. The van der Waals surface area contributed by atoms with Crippen molar-refractivity contribution in [3.8, 4) is 0 Å². The van der Waals surface area contributed by atoms with Gasteiger partial charge in [-0.2, -0.15) is 0 Å². The molecule has 2 aliphatic rings. The van der Waals surface area contributed by atoms with E-state index < -0.39 is 0 Å². The Morgan fingerprint density at radius 1 is 1.24 bits per heavy atom. The summed E-state index contributed by atoms with van der Waals surface area (Å²) in [6, 6.07) is 1.54. The fourth-order valence-corrected chi connectivity index (χ4v) is 3.25. The number of hydrogen-bond donors (Lipinski definition) is 1. The molecular formula is C14H29N3. The summed E-state index contributed by atoms with van der Waals surface area (Å²) < 4.78 is 0. The first kappa shape index (κ1) is 13.3. The lowest BCUT2D eigenvalue weighted by molar-refractivity contribution is 0.0479. The lowest BCUT2D eigenvalue weighted by Crippen LogP contribution is -2.55. The summed E-state index contributed by atoms with van der Waals surface area (Å²) in [5.74, 6) is 0. The molecule has 2 fully saturated rings. The van der Waals surface area contributed by atoms with Crippen LogP contribution in [0.1, 0.15) is 39.5 Å². The van der Waals surface area contributed by atoms with E-state index in [0.29, 0.717) is 6.04 Å². The molecule has 2 heterocycles. The minimum Gasteiger partial charge on any atom is -0.314 e. The quantitative estimate of drug-likeness (QED) is 0.785. The Bertz CT molecular complexity index is 220. The van der Waals surface area contributed by atoms with E-state index in [1.165, 1.54) is 58.4 Å². The number of piperazine rings is 1. The van der Waals surface area contributed by atoms with Gasteiger partial charge in [-0.25, -0.2) is 0 Å². The molecule has 1 N–H and O–H groups in total. The van der Waals surface area contributed by atoms with Gasteiger partial charge in [0.15, 0.2) is 0 Å². The van der Waals surface area contributed by atoms with Crippen LogP contribution in [-0.4, -0.2) is 61.2 Å². The normalized spacial score (nSPS) is 28.9. The van der Waals surface area contributed by atoms with Crippen LogP contribution in [0.3, 0.4) is 0 Å². The highest BCUT2D eigenvalue weighted by Gasteiger charge is 2.28. The van der Waals surface area contributed by atoms with Gasteiger partial charge in [0.25, 0.3) is 0 Å². The molecule has 0 radical (unpaired) electrons. The Morgan fingerprint density at radius 3 is 2.94 bits per heavy atom. The van der Waals surface area contributed by atoms with Gasteiger partial charge in [-0.1, -0.05) is 13.3 Å². The van der Waals surface area contributed by atoms with Gasteiger partial charge in [-0.3, -0.25) is 4.90 Å². The molecule has 2 rings (SSSR count). The highest BCUT2D eigenvalue weighted by Crippen LogP contribution is 2.21. The summed E-state index contributed by atoms with van der Waals surface area (Å²) >= 11 is 0. The molecule has 2 unspecified atom stereocenters. The largest absolute Gasteiger partial charge is 0.314 e. The van der Waals surface area contributed by atoms with Gasteiger partial charge in [0, 0.05) is 31.7 Å². The number of nitrogens with zero attached hydrogens (tertiary/aromatic N) is 2. The van der Waals surface area contributed by atoms with E-state index in [2.05, 4.69) is 29.0 Å². The third kappa shape index (κ3) is 3.94. The van der Waals surface area contributed by atoms with E-state index in [1.54, 1.807) is 0 Å². The zero-order valence-electron chi connectivity index (χ0n) is 11.6. The first-order valence-corrected chi connectivity index (χ1v) is 7.49. The Morgan fingerprint density at radius 2 is 2.12 bits per heavy atom. The van der Waals surface area contributed by atoms with Gasteiger partial charge in [0.1, 0.15) is 0 Å². The lowest BCUT2D eigenvalue weighted by Gasteiger charge is -2.44. The maximum atomic E-state index is 3.50. The van der Waals surface area contributed by atoms with Crippen LogP contribution in [-0.2, 0) is 0 Å². The van der Waals surface area contributed by atoms with Crippen molar-refractivity contribution in [1.82, 2.24) is 15.1 Å². The zero-order valence-corrected chi connectivity index (χ0v) is 11.6. The maximum absolute atomic E-state index is 3.50. The number of rotatable bonds is 5. The summed E-state index contributed by atoms with van der Waals surface area (Å²) in [6.07, 6.45) is 5.59. The van der Waals surface area contributed by atoms with Crippen LogP contribution in [0.15, 0.2) is 0 Å². The Hall–Kier alpha value is -0.120. The first-order valence-electron chi connectivity index (χ1n) is 7.49. The van der Waals surface area contributed by atoms with Crippen LogP contribution in [0, 0.1) is 0 Å². The fraction of sp³-hybridized carbons (Fsp3) is 1.00. The second-order valence-corrected chi connectivity index (χ2v) is 5.73. The van der Waals surface area contributed by atoms with Gasteiger partial charge in [0.05, 0.1) is 0 Å². The topological polar surface area (TPSA) is 18.5 Å². The van der Waals surface area contributed by atoms with Gasteiger partial charge in [-0.15, -0.1) is 0 Å². The number of fused-ring (bicyclic) bond motifs is 1. The van der Waals surface area contributed by atoms with Crippen molar-refractivity contribution in [2.75, 3.05) is 39.3 Å². The van der Waals surface area contributed by atoms with E-state index in [-0.39, 0.29) is 0 Å². The average molecular weight is 239 g/mol. The second kappa shape index (κ2) is 6.72. The lowest BCUT2D eigenvalue weighted by atomic mass is 9.99. The minimum absolute atomic E-state index is 0.671. The van der Waals surface area contributed by atoms with E-state index in [9.17, 15) is 0 Å². The van der Waals surface area contributed by atoms with E-state index in [0.717, 1.165) is 12.6 Å². The van der Waals surface area contributed by atoms with E-state index in [4.69, 9.17) is 0 Å². The number of hydrogen-bond acceptors (Lipinski definition) is 3. The molecule has 0 aromatic carbocycles. The van der Waals surface area contributed by atoms with Crippen LogP contribution < -0.4 is 5.32 Å². The van der Waals surface area contributed by atoms with Crippen LogP contribution >= 0.6 is 0 Å². The molecule has 0 spiro atoms. The first-order chi connectivity index (χ1) is 8.29. The van der Waals surface area contributed by atoms with Crippen LogP contribution in [0.5, 0.6) is 0 Å². The van der Waals surface area contributed by atoms with Crippen molar-refractivity contribution in [2.24, 2.45) is 0 Å². The van der Waals surface area contributed by atoms with Crippen molar-refractivity contribution in [3.05, 3.63) is 0 Å². The minimum atomic E-state index is 0.671. The molecule has 2 saturated heterocycles. The third-order valence-electron chi connectivity index (χ3n) is 4.35. The molecule has 0 aromatic heterocycles. The standard InChI is InChI=1S/C14H29N3/c1-3-15-13(2)7-9-16-10-11-17-8-5-4-6-14(17)12-16/h13-15H,3-12H2,1-2H3. The van der Waals surface area contributed by atoms with Crippen LogP contribution in [0.2, 0.25) is 0 Å². The summed E-state index contributed by atoms with van der Waals surface area (Å²) in [7, 11) is 0. The average Bonchev–Trinajstić information content (AvgIpc) is 2.36. The fourth-order valence-electron chi connectivity index (χ4n) is 3.25. The summed E-state index contributed by atoms with van der Waals surface area (Å²) in [5, 5.41) is 3.50. The molecule has 100 valence electrons. The molecule has 2 aliphatic heterocycles. The molecule has 3 heteroatoms. The molecule has 0 aromatic rings. The van der Waals surface area contributed by atoms with Gasteiger partial charge < -0.3 is 10.2 Å². The van der Waals surface area contributed by atoms with Crippen molar-refractivity contribution >= 4 is 0 Å². The number of nitrogens with one attached hydrogen (secondary N) is 1. The zero-order chi connectivity index (χ0) is 12.1. The molecule has 0 aliphatic carbocycles. The van der Waals surface area contributed by atoms with E-state index in [1.807, 2.05) is 0 Å². The highest BCUT2D eigenvalue weighted by atomic mass is 15.3. The van der Waals surface area contributed by atoms with Crippen molar-refractivity contribution < 1.29 is 0 Å². The smallest absolute Gasteiger partial charge is 0.0223 e. The monoisotopic (exact) mass is 239 g/mol. The Balaban J connectivity index is 1.68. The van der Waals surface area contributed by atoms with Gasteiger partial charge in [-0.05, 0) is 45.8 Å².